The minimum atomic E-state index is -1.15. The van der Waals surface area contributed by atoms with Gasteiger partial charge < -0.3 is 24.5 Å². The topological polar surface area (TPSA) is 121 Å². The molecule has 5 atom stereocenters. The van der Waals surface area contributed by atoms with Gasteiger partial charge in [-0.25, -0.2) is 4.68 Å². The predicted molar refractivity (Wildman–Crippen MR) is 186 cm³/mol. The smallest absolute Gasteiger partial charge is 0.250 e. The number of likely N-dealkylation sites (tertiary alicyclic amines) is 1. The highest BCUT2D eigenvalue weighted by atomic mass is 16.5. The van der Waals surface area contributed by atoms with Gasteiger partial charge in [0.25, 0.3) is 0 Å². The average Bonchev–Trinajstić information content (AvgIpc) is 3.85. The lowest BCUT2D eigenvalue weighted by Gasteiger charge is -2.37. The number of unbranched alkanes of at least 4 members (excludes halogenated alkanes) is 3. The molecular weight excluding hydrogens is 620 g/mol. The zero-order chi connectivity index (χ0) is 34.6. The van der Waals surface area contributed by atoms with E-state index in [1.165, 1.54) is 0 Å². The van der Waals surface area contributed by atoms with E-state index in [0.29, 0.717) is 51.7 Å². The summed E-state index contributed by atoms with van der Waals surface area (Å²) in [4.78, 5) is 49.6. The molecule has 49 heavy (non-hydrogen) atoms. The average molecular weight is 669 g/mol. The molecule has 6 rings (SSSR count). The van der Waals surface area contributed by atoms with E-state index in [1.54, 1.807) is 31.5 Å². The maximum Gasteiger partial charge on any atom is 0.250 e. The van der Waals surface area contributed by atoms with Crippen LogP contribution in [0.1, 0.15) is 57.4 Å². The number of aliphatic hydroxyl groups excluding tert-OH is 1. The van der Waals surface area contributed by atoms with Crippen molar-refractivity contribution in [2.24, 2.45) is 11.8 Å². The van der Waals surface area contributed by atoms with Gasteiger partial charge in [-0.2, -0.15) is 0 Å². The molecular formula is C38H48N6O5. The summed E-state index contributed by atoms with van der Waals surface area (Å²) in [5.41, 5.74) is 0.490. The minimum absolute atomic E-state index is 0.114. The van der Waals surface area contributed by atoms with Gasteiger partial charge in [0.1, 0.15) is 23.8 Å². The number of hydrogen-bond donors (Lipinski definition) is 1. The fraction of sp³-hybridized carbons (Fsp3) is 0.500. The lowest BCUT2D eigenvalue weighted by atomic mass is 9.64. The molecule has 3 fully saturated rings. The Labute approximate surface area is 288 Å². The molecule has 260 valence electrons. The highest BCUT2D eigenvalue weighted by molar-refractivity contribution is 5.99. The Morgan fingerprint density at radius 3 is 2.43 bits per heavy atom. The second-order valence-corrected chi connectivity index (χ2v) is 13.6. The van der Waals surface area contributed by atoms with E-state index in [4.69, 9.17) is 4.74 Å². The van der Waals surface area contributed by atoms with Gasteiger partial charge in [-0.15, -0.1) is 18.3 Å². The lowest BCUT2D eigenvalue weighted by Crippen LogP contribution is -2.56. The molecule has 11 heteroatoms. The maximum absolute atomic E-state index is 15.0. The van der Waals surface area contributed by atoms with Gasteiger partial charge in [0.15, 0.2) is 0 Å². The van der Waals surface area contributed by atoms with Gasteiger partial charge in [-0.1, -0.05) is 79.6 Å². The number of hydrogen-bond acceptors (Lipinski definition) is 7. The number of rotatable bonds is 17. The van der Waals surface area contributed by atoms with Crippen molar-refractivity contribution in [3.8, 4) is 0 Å². The number of carbonyl (C=O) groups excluding carboxylic acids is 3. The van der Waals surface area contributed by atoms with Crippen molar-refractivity contribution in [1.82, 2.24) is 29.7 Å². The largest absolute Gasteiger partial charge is 0.396 e. The Kier molecular flexibility index (Phi) is 10.3. The number of benzene rings is 2. The summed E-state index contributed by atoms with van der Waals surface area (Å²) in [7, 11) is 0. The highest BCUT2D eigenvalue weighted by Crippen LogP contribution is 2.64. The number of nitrogens with zero attached hydrogens (tertiary/aromatic N) is 6. The third kappa shape index (κ3) is 6.18. The standard InChI is InChI=1S/C38H48N6O5/c1-4-22-41(26-28-16-10-9-11-17-28)34(46)31-32-35(47)43(24-14-7-8-15-25-45)33(38(32)21-20-37(31,6-3)49-38)36(48)42(23-5-2)27-44-30-19-13-12-18-29(30)39-40-44/h4-5,9-13,16-19,31-33,45H,1-2,6-8,14-15,20-27H2,3H3/t31-,32-,33?,37+,38?/m0/s1. The molecule has 0 radical (unpaired) electrons. The van der Waals surface area contributed by atoms with Gasteiger partial charge in [0.05, 0.1) is 23.0 Å². The van der Waals surface area contributed by atoms with Crippen molar-refractivity contribution in [3.05, 3.63) is 85.5 Å². The monoisotopic (exact) mass is 668 g/mol. The number of ether oxygens (including phenoxy) is 1. The second-order valence-electron chi connectivity index (χ2n) is 13.6. The number of fused-ring (bicyclic) bond motifs is 2. The maximum atomic E-state index is 15.0. The van der Waals surface area contributed by atoms with Gasteiger partial charge in [0, 0.05) is 32.8 Å². The SMILES string of the molecule is C=CCN(Cn1nnc2ccccc21)C(=O)C1N(CCCCCCO)C(=O)[C@@H]2[C@@H](C(=O)N(CC=C)Cc3ccccc3)[C@@]3(CC)CCC12O3. The molecule has 3 saturated heterocycles. The molecule has 11 nitrogen and oxygen atoms in total. The molecule has 1 N–H and O–H groups in total. The summed E-state index contributed by atoms with van der Waals surface area (Å²) < 4.78 is 8.75. The van der Waals surface area contributed by atoms with Crippen LogP contribution in [-0.4, -0.2) is 96.0 Å². The van der Waals surface area contributed by atoms with Crippen molar-refractivity contribution in [1.29, 1.82) is 0 Å². The molecule has 2 bridgehead atoms. The van der Waals surface area contributed by atoms with E-state index in [1.807, 2.05) is 61.5 Å². The van der Waals surface area contributed by atoms with Crippen molar-refractivity contribution in [3.63, 3.8) is 0 Å². The van der Waals surface area contributed by atoms with Crippen LogP contribution in [0.25, 0.3) is 11.0 Å². The van der Waals surface area contributed by atoms with Crippen LogP contribution in [0.4, 0.5) is 0 Å². The minimum Gasteiger partial charge on any atom is -0.396 e. The van der Waals surface area contributed by atoms with E-state index in [0.717, 1.165) is 29.4 Å². The van der Waals surface area contributed by atoms with Crippen molar-refractivity contribution in [2.45, 2.75) is 82.3 Å². The van der Waals surface area contributed by atoms with Crippen LogP contribution in [-0.2, 0) is 32.3 Å². The van der Waals surface area contributed by atoms with Crippen molar-refractivity contribution in [2.75, 3.05) is 26.2 Å². The van der Waals surface area contributed by atoms with Crippen LogP contribution in [0, 0.1) is 11.8 Å². The number of amides is 3. The first-order valence-electron chi connectivity index (χ1n) is 17.6. The molecule has 1 aromatic heterocycles. The van der Waals surface area contributed by atoms with E-state index >= 15 is 0 Å². The molecule has 3 aromatic rings. The Hall–Kier alpha value is -4.35. The summed E-state index contributed by atoms with van der Waals surface area (Å²) in [6, 6.07) is 16.5. The predicted octanol–water partition coefficient (Wildman–Crippen LogP) is 4.33. The molecule has 0 aliphatic carbocycles. The normalized spacial score (nSPS) is 25.5. The molecule has 2 aromatic carbocycles. The zero-order valence-corrected chi connectivity index (χ0v) is 28.5. The van der Waals surface area contributed by atoms with Gasteiger partial charge >= 0.3 is 0 Å². The van der Waals surface area contributed by atoms with E-state index in [2.05, 4.69) is 23.5 Å². The van der Waals surface area contributed by atoms with Crippen molar-refractivity contribution >= 4 is 28.8 Å². The number of aliphatic hydroxyl groups is 1. The van der Waals surface area contributed by atoms with Crippen molar-refractivity contribution < 1.29 is 24.2 Å². The second kappa shape index (κ2) is 14.6. The number of carbonyl (C=O) groups is 3. The fourth-order valence-electron chi connectivity index (χ4n) is 8.48. The summed E-state index contributed by atoms with van der Waals surface area (Å²) in [5.74, 6) is -2.11. The highest BCUT2D eigenvalue weighted by Gasteiger charge is 2.79. The molecule has 2 unspecified atom stereocenters. The molecule has 4 heterocycles. The van der Waals surface area contributed by atoms with Gasteiger partial charge in [-0.05, 0) is 49.8 Å². The summed E-state index contributed by atoms with van der Waals surface area (Å²) in [6.45, 7) is 11.4. The summed E-state index contributed by atoms with van der Waals surface area (Å²) in [6.07, 6.45) is 8.00. The Bertz CT molecular complexity index is 1680. The number of para-hydroxylation sites is 1. The molecule has 3 aliphatic rings. The summed E-state index contributed by atoms with van der Waals surface area (Å²) >= 11 is 0. The first-order chi connectivity index (χ1) is 23.8. The quantitative estimate of drug-likeness (QED) is 0.168. The Balaban J connectivity index is 1.37. The molecule has 3 amide bonds. The van der Waals surface area contributed by atoms with Crippen LogP contribution >= 0.6 is 0 Å². The lowest BCUT2D eigenvalue weighted by molar-refractivity contribution is -0.156. The van der Waals surface area contributed by atoms with Crippen LogP contribution in [0.5, 0.6) is 0 Å². The van der Waals surface area contributed by atoms with Crippen LogP contribution in [0.3, 0.4) is 0 Å². The van der Waals surface area contributed by atoms with Crippen LogP contribution in [0.15, 0.2) is 79.9 Å². The molecule has 0 saturated carbocycles. The Morgan fingerprint density at radius 1 is 0.980 bits per heavy atom. The van der Waals surface area contributed by atoms with Crippen LogP contribution < -0.4 is 0 Å². The van der Waals surface area contributed by atoms with Crippen LogP contribution in [0.2, 0.25) is 0 Å². The zero-order valence-electron chi connectivity index (χ0n) is 28.5. The number of aromatic nitrogens is 3. The van der Waals surface area contributed by atoms with E-state index < -0.39 is 29.1 Å². The first-order valence-corrected chi connectivity index (χ1v) is 17.6. The van der Waals surface area contributed by atoms with Gasteiger partial charge in [-0.3, -0.25) is 14.4 Å². The fourth-order valence-corrected chi connectivity index (χ4v) is 8.48. The summed E-state index contributed by atoms with van der Waals surface area (Å²) in [5, 5.41) is 17.9. The first kappa shape index (κ1) is 34.5. The van der Waals surface area contributed by atoms with Gasteiger partial charge in [0.2, 0.25) is 17.7 Å². The van der Waals surface area contributed by atoms with E-state index in [-0.39, 0.29) is 37.5 Å². The third-order valence-corrected chi connectivity index (χ3v) is 10.8. The molecule has 1 spiro atoms. The van der Waals surface area contributed by atoms with E-state index in [9.17, 15) is 19.5 Å². The molecule has 3 aliphatic heterocycles. The Morgan fingerprint density at radius 2 is 1.69 bits per heavy atom. The third-order valence-electron chi connectivity index (χ3n) is 10.8.